The smallest absolute Gasteiger partial charge is 0.169 e. The third kappa shape index (κ3) is 4.20. The molecule has 0 aliphatic carbocycles. The van der Waals surface area contributed by atoms with Crippen molar-refractivity contribution in [2.24, 2.45) is 0 Å². The van der Waals surface area contributed by atoms with Crippen molar-refractivity contribution in [2.45, 2.75) is 19.6 Å². The molecule has 0 amide bonds. The van der Waals surface area contributed by atoms with E-state index in [1.54, 1.807) is 14.2 Å². The van der Waals surface area contributed by atoms with Gasteiger partial charge in [0.25, 0.3) is 0 Å². The van der Waals surface area contributed by atoms with Crippen molar-refractivity contribution in [1.29, 1.82) is 0 Å². The van der Waals surface area contributed by atoms with Crippen LogP contribution in [0, 0.1) is 6.92 Å². The predicted octanol–water partition coefficient (Wildman–Crippen LogP) is 2.13. The first-order valence-corrected chi connectivity index (χ1v) is 7.32. The molecule has 1 aliphatic heterocycles. The van der Waals surface area contributed by atoms with Gasteiger partial charge in [0.1, 0.15) is 0 Å². The second-order valence-corrected chi connectivity index (χ2v) is 5.38. The highest BCUT2D eigenvalue weighted by Crippen LogP contribution is 2.17. The van der Waals surface area contributed by atoms with Crippen molar-refractivity contribution in [3.05, 3.63) is 29.8 Å². The van der Waals surface area contributed by atoms with Gasteiger partial charge < -0.3 is 14.4 Å². The van der Waals surface area contributed by atoms with Crippen molar-refractivity contribution >= 4 is 5.69 Å². The van der Waals surface area contributed by atoms with E-state index in [9.17, 15) is 0 Å². The van der Waals surface area contributed by atoms with E-state index < -0.39 is 0 Å². The number of aryl methyl sites for hydroxylation is 1. The van der Waals surface area contributed by atoms with Gasteiger partial charge in [0.15, 0.2) is 6.29 Å². The molecular weight excluding hydrogens is 252 g/mol. The third-order valence-corrected chi connectivity index (χ3v) is 3.92. The Balaban J connectivity index is 1.90. The van der Waals surface area contributed by atoms with Crippen LogP contribution in [-0.4, -0.2) is 58.1 Å². The number of methoxy groups -OCH3 is 2. The monoisotopic (exact) mass is 278 g/mol. The van der Waals surface area contributed by atoms with Crippen LogP contribution in [0.4, 0.5) is 5.69 Å². The minimum absolute atomic E-state index is 0.124. The van der Waals surface area contributed by atoms with E-state index in [1.165, 1.54) is 17.7 Å². The molecule has 20 heavy (non-hydrogen) atoms. The number of benzene rings is 1. The number of nitrogens with zero attached hydrogens (tertiary/aromatic N) is 2. The first-order chi connectivity index (χ1) is 9.72. The summed E-state index contributed by atoms with van der Waals surface area (Å²) >= 11 is 0. The van der Waals surface area contributed by atoms with Crippen molar-refractivity contribution in [1.82, 2.24) is 4.90 Å². The largest absolute Gasteiger partial charge is 0.370 e. The van der Waals surface area contributed by atoms with Gasteiger partial charge in [-0.1, -0.05) is 17.7 Å². The minimum Gasteiger partial charge on any atom is -0.370 e. The average Bonchev–Trinajstić information content (AvgIpc) is 2.71. The number of hydrogen-bond donors (Lipinski definition) is 0. The van der Waals surface area contributed by atoms with Crippen LogP contribution < -0.4 is 4.90 Å². The van der Waals surface area contributed by atoms with Gasteiger partial charge in [-0.25, -0.2) is 0 Å². The molecule has 1 aromatic carbocycles. The third-order valence-electron chi connectivity index (χ3n) is 3.92. The Morgan fingerprint density at radius 1 is 1.00 bits per heavy atom. The van der Waals surface area contributed by atoms with Gasteiger partial charge in [0, 0.05) is 52.6 Å². The lowest BCUT2D eigenvalue weighted by molar-refractivity contribution is -0.115. The molecule has 1 saturated heterocycles. The maximum Gasteiger partial charge on any atom is 0.169 e. The molecule has 4 heteroatoms. The Bertz CT molecular complexity index is 390. The van der Waals surface area contributed by atoms with E-state index in [1.807, 2.05) is 0 Å². The maximum absolute atomic E-state index is 5.29. The molecule has 0 aromatic heterocycles. The fraction of sp³-hybridized carbons (Fsp3) is 0.625. The summed E-state index contributed by atoms with van der Waals surface area (Å²) in [6, 6.07) is 8.81. The SMILES string of the molecule is COC(CN1CCCN(c2ccc(C)cc2)CC1)OC. The van der Waals surface area contributed by atoms with Gasteiger partial charge in [-0.2, -0.15) is 0 Å². The van der Waals surface area contributed by atoms with Crippen LogP contribution in [0.2, 0.25) is 0 Å². The van der Waals surface area contributed by atoms with E-state index in [4.69, 9.17) is 9.47 Å². The van der Waals surface area contributed by atoms with Gasteiger partial charge in [0.05, 0.1) is 0 Å². The van der Waals surface area contributed by atoms with Gasteiger partial charge in [-0.05, 0) is 25.5 Å². The van der Waals surface area contributed by atoms with Gasteiger partial charge >= 0.3 is 0 Å². The molecule has 0 spiro atoms. The lowest BCUT2D eigenvalue weighted by atomic mass is 10.2. The molecule has 0 N–H and O–H groups in total. The normalized spacial score (nSPS) is 17.5. The lowest BCUT2D eigenvalue weighted by Gasteiger charge is -2.25. The summed E-state index contributed by atoms with van der Waals surface area (Å²) in [7, 11) is 3.40. The van der Waals surface area contributed by atoms with E-state index >= 15 is 0 Å². The molecule has 2 rings (SSSR count). The first kappa shape index (κ1) is 15.3. The van der Waals surface area contributed by atoms with Crippen LogP contribution in [0.25, 0.3) is 0 Å². The van der Waals surface area contributed by atoms with Crippen LogP contribution in [0.1, 0.15) is 12.0 Å². The van der Waals surface area contributed by atoms with E-state index in [0.717, 1.165) is 32.7 Å². The van der Waals surface area contributed by atoms with Gasteiger partial charge in [-0.15, -0.1) is 0 Å². The molecule has 112 valence electrons. The molecule has 1 fully saturated rings. The zero-order valence-electron chi connectivity index (χ0n) is 12.8. The van der Waals surface area contributed by atoms with Crippen LogP contribution in [0.15, 0.2) is 24.3 Å². The molecule has 0 bridgehead atoms. The molecule has 0 saturated carbocycles. The second kappa shape index (κ2) is 7.62. The summed E-state index contributed by atoms with van der Waals surface area (Å²) in [4.78, 5) is 4.89. The van der Waals surface area contributed by atoms with Crippen LogP contribution in [-0.2, 0) is 9.47 Å². The number of rotatable bonds is 5. The number of hydrogen-bond acceptors (Lipinski definition) is 4. The highest BCUT2D eigenvalue weighted by Gasteiger charge is 2.18. The zero-order chi connectivity index (χ0) is 14.4. The van der Waals surface area contributed by atoms with Crippen molar-refractivity contribution < 1.29 is 9.47 Å². The Morgan fingerprint density at radius 3 is 2.35 bits per heavy atom. The van der Waals surface area contributed by atoms with E-state index in [2.05, 4.69) is 41.0 Å². The Hall–Kier alpha value is -1.10. The maximum atomic E-state index is 5.29. The van der Waals surface area contributed by atoms with Crippen LogP contribution in [0.3, 0.4) is 0 Å². The molecule has 0 atom stereocenters. The fourth-order valence-electron chi connectivity index (χ4n) is 2.62. The molecule has 1 aliphatic rings. The summed E-state index contributed by atoms with van der Waals surface area (Å²) in [5.74, 6) is 0. The summed E-state index contributed by atoms with van der Waals surface area (Å²) < 4.78 is 10.6. The first-order valence-electron chi connectivity index (χ1n) is 7.32. The van der Waals surface area contributed by atoms with Crippen LogP contribution >= 0.6 is 0 Å². The topological polar surface area (TPSA) is 24.9 Å². The molecular formula is C16H26N2O2. The van der Waals surface area contributed by atoms with E-state index in [0.29, 0.717) is 0 Å². The highest BCUT2D eigenvalue weighted by molar-refractivity contribution is 5.47. The van der Waals surface area contributed by atoms with Crippen molar-refractivity contribution in [2.75, 3.05) is 51.8 Å². The summed E-state index contributed by atoms with van der Waals surface area (Å²) in [6.45, 7) is 7.30. The Labute approximate surface area is 122 Å². The number of ether oxygens (including phenoxy) is 2. The van der Waals surface area contributed by atoms with Crippen molar-refractivity contribution in [3.8, 4) is 0 Å². The standard InChI is InChI=1S/C16H26N2O2/c1-14-5-7-15(8-6-14)18-10-4-9-17(11-12-18)13-16(19-2)20-3/h5-8,16H,4,9-13H2,1-3H3. The minimum atomic E-state index is -0.124. The van der Waals surface area contributed by atoms with Crippen LogP contribution in [0.5, 0.6) is 0 Å². The number of anilines is 1. The quantitative estimate of drug-likeness (QED) is 0.770. The molecule has 0 radical (unpaired) electrons. The Kier molecular flexibility index (Phi) is 5.83. The van der Waals surface area contributed by atoms with E-state index in [-0.39, 0.29) is 6.29 Å². The van der Waals surface area contributed by atoms with Gasteiger partial charge in [-0.3, -0.25) is 4.90 Å². The van der Waals surface area contributed by atoms with Crippen molar-refractivity contribution in [3.63, 3.8) is 0 Å². The zero-order valence-corrected chi connectivity index (χ0v) is 12.8. The molecule has 1 aromatic rings. The molecule has 4 nitrogen and oxygen atoms in total. The average molecular weight is 278 g/mol. The molecule has 1 heterocycles. The highest BCUT2D eigenvalue weighted by atomic mass is 16.7. The summed E-state index contributed by atoms with van der Waals surface area (Å²) in [5.41, 5.74) is 2.64. The lowest BCUT2D eigenvalue weighted by Crippen LogP contribution is -2.37. The van der Waals surface area contributed by atoms with Gasteiger partial charge in [0.2, 0.25) is 0 Å². The predicted molar refractivity (Wildman–Crippen MR) is 82.3 cm³/mol. The summed E-state index contributed by atoms with van der Waals surface area (Å²) in [6.07, 6.45) is 1.05. The molecule has 0 unspecified atom stereocenters. The Morgan fingerprint density at radius 2 is 1.70 bits per heavy atom. The summed E-state index contributed by atoms with van der Waals surface area (Å²) in [5, 5.41) is 0. The second-order valence-electron chi connectivity index (χ2n) is 5.38. The fourth-order valence-corrected chi connectivity index (χ4v) is 2.62.